The Hall–Kier alpha value is -2.74. The summed E-state index contributed by atoms with van der Waals surface area (Å²) in [5.41, 5.74) is 0.593. The maximum absolute atomic E-state index is 12.0. The number of hydrogen-bond acceptors (Lipinski definition) is 5. The van der Waals surface area contributed by atoms with E-state index in [2.05, 4.69) is 5.32 Å². The number of carbonyl (C=O) groups excluding carboxylic acids is 1. The van der Waals surface area contributed by atoms with Crippen molar-refractivity contribution in [1.82, 2.24) is 5.32 Å². The fourth-order valence-corrected chi connectivity index (χ4v) is 3.61. The van der Waals surface area contributed by atoms with Gasteiger partial charge in [-0.1, -0.05) is 30.3 Å². The van der Waals surface area contributed by atoms with Crippen molar-refractivity contribution in [2.45, 2.75) is 12.8 Å². The molecule has 0 unspecified atom stereocenters. The molecule has 0 spiro atoms. The van der Waals surface area contributed by atoms with Gasteiger partial charge < -0.3 is 14.8 Å². The first-order valence-electron chi connectivity index (χ1n) is 8.97. The Balaban J connectivity index is 1.73. The number of ether oxygens (including phenoxy) is 2. The first-order chi connectivity index (χ1) is 13.4. The van der Waals surface area contributed by atoms with Crippen LogP contribution in [0.25, 0.3) is 0 Å². The van der Waals surface area contributed by atoms with Gasteiger partial charge in [-0.2, -0.15) is 0 Å². The van der Waals surface area contributed by atoms with Gasteiger partial charge in [0.1, 0.15) is 6.61 Å². The van der Waals surface area contributed by atoms with Crippen molar-refractivity contribution < 1.29 is 22.7 Å². The van der Waals surface area contributed by atoms with Crippen LogP contribution in [0.5, 0.6) is 11.5 Å². The van der Waals surface area contributed by atoms with E-state index < -0.39 is 10.0 Å². The van der Waals surface area contributed by atoms with Gasteiger partial charge in [0.25, 0.3) is 0 Å². The van der Waals surface area contributed by atoms with E-state index in [1.807, 2.05) is 18.2 Å². The van der Waals surface area contributed by atoms with Crippen LogP contribution in [0.4, 0.5) is 5.69 Å². The van der Waals surface area contributed by atoms with Crippen molar-refractivity contribution in [2.24, 2.45) is 0 Å². The molecule has 152 valence electrons. The highest BCUT2D eigenvalue weighted by Gasteiger charge is 2.17. The maximum atomic E-state index is 12.0. The van der Waals surface area contributed by atoms with Crippen LogP contribution in [0.3, 0.4) is 0 Å². The Morgan fingerprint density at radius 3 is 2.32 bits per heavy atom. The number of anilines is 1. The average molecular weight is 407 g/mol. The number of methoxy groups -OCH3 is 1. The molecule has 0 radical (unpaired) electrons. The smallest absolute Gasteiger partial charge is 0.232 e. The van der Waals surface area contributed by atoms with E-state index in [0.717, 1.165) is 6.26 Å². The Kier molecular flexibility index (Phi) is 8.13. The van der Waals surface area contributed by atoms with Gasteiger partial charge in [-0.3, -0.25) is 9.10 Å². The molecule has 0 fully saturated rings. The molecule has 0 aliphatic heterocycles. The SMILES string of the molecule is COc1ccccc1OCCNC(=O)CCCN(c1ccccc1)S(C)(=O)=O. The Morgan fingerprint density at radius 1 is 1.04 bits per heavy atom. The third kappa shape index (κ3) is 6.77. The molecule has 0 aliphatic carbocycles. The molecule has 0 saturated carbocycles. The number of hydrogen-bond donors (Lipinski definition) is 1. The minimum Gasteiger partial charge on any atom is -0.493 e. The van der Waals surface area contributed by atoms with Gasteiger partial charge in [-0.05, 0) is 30.7 Å². The lowest BCUT2D eigenvalue weighted by molar-refractivity contribution is -0.121. The summed E-state index contributed by atoms with van der Waals surface area (Å²) in [5.74, 6) is 1.10. The third-order valence-electron chi connectivity index (χ3n) is 3.96. The van der Waals surface area contributed by atoms with Gasteiger partial charge in [0, 0.05) is 13.0 Å². The zero-order valence-corrected chi connectivity index (χ0v) is 16.9. The van der Waals surface area contributed by atoms with Gasteiger partial charge in [0.2, 0.25) is 15.9 Å². The number of amides is 1. The van der Waals surface area contributed by atoms with Crippen LogP contribution in [0, 0.1) is 0 Å². The summed E-state index contributed by atoms with van der Waals surface area (Å²) in [4.78, 5) is 12.0. The molecule has 2 aromatic rings. The largest absolute Gasteiger partial charge is 0.493 e. The molecule has 0 bridgehead atoms. The highest BCUT2D eigenvalue weighted by Crippen LogP contribution is 2.25. The number of sulfonamides is 1. The highest BCUT2D eigenvalue weighted by molar-refractivity contribution is 7.92. The summed E-state index contributed by atoms with van der Waals surface area (Å²) in [6.07, 6.45) is 1.81. The third-order valence-corrected chi connectivity index (χ3v) is 5.15. The van der Waals surface area contributed by atoms with E-state index in [1.54, 1.807) is 43.5 Å². The van der Waals surface area contributed by atoms with E-state index in [4.69, 9.17) is 9.47 Å². The first kappa shape index (κ1) is 21.6. The lowest BCUT2D eigenvalue weighted by atomic mass is 10.2. The van der Waals surface area contributed by atoms with Crippen LogP contribution in [0.2, 0.25) is 0 Å². The molecule has 7 nitrogen and oxygen atoms in total. The van der Waals surface area contributed by atoms with Gasteiger partial charge in [-0.15, -0.1) is 0 Å². The number of nitrogens with zero attached hydrogens (tertiary/aromatic N) is 1. The van der Waals surface area contributed by atoms with Crippen molar-refractivity contribution in [3.8, 4) is 11.5 Å². The monoisotopic (exact) mass is 406 g/mol. The van der Waals surface area contributed by atoms with Crippen molar-refractivity contribution in [3.05, 3.63) is 54.6 Å². The number of para-hydroxylation sites is 3. The van der Waals surface area contributed by atoms with Gasteiger partial charge >= 0.3 is 0 Å². The molecule has 1 N–H and O–H groups in total. The van der Waals surface area contributed by atoms with Gasteiger partial charge in [0.05, 0.1) is 25.6 Å². The van der Waals surface area contributed by atoms with Gasteiger partial charge in [0.15, 0.2) is 11.5 Å². The zero-order valence-electron chi connectivity index (χ0n) is 16.1. The van der Waals surface area contributed by atoms with E-state index in [9.17, 15) is 13.2 Å². The van der Waals surface area contributed by atoms with Crippen LogP contribution in [0.1, 0.15) is 12.8 Å². The predicted octanol–water partition coefficient (Wildman–Crippen LogP) is 2.44. The second kappa shape index (κ2) is 10.6. The second-order valence-corrected chi connectivity index (χ2v) is 8.03. The molecular formula is C20H26N2O5S. The lowest BCUT2D eigenvalue weighted by Gasteiger charge is -2.22. The number of rotatable bonds is 11. The van der Waals surface area contributed by atoms with E-state index in [-0.39, 0.29) is 18.9 Å². The standard InChI is InChI=1S/C20H26N2O5S/c1-26-18-11-6-7-12-19(18)27-16-14-21-20(23)13-8-15-22(28(2,24)25)17-9-4-3-5-10-17/h3-7,9-12H,8,13-16H2,1-2H3,(H,21,23). The molecule has 2 aromatic carbocycles. The minimum atomic E-state index is -3.40. The average Bonchev–Trinajstić information content (AvgIpc) is 2.68. The fraction of sp³-hybridized carbons (Fsp3) is 0.350. The maximum Gasteiger partial charge on any atom is 0.232 e. The summed E-state index contributed by atoms with van der Waals surface area (Å²) in [5, 5.41) is 2.77. The number of benzene rings is 2. The molecule has 28 heavy (non-hydrogen) atoms. The normalized spacial score (nSPS) is 10.9. The molecular weight excluding hydrogens is 380 g/mol. The van der Waals surface area contributed by atoms with Crippen LogP contribution in [-0.4, -0.2) is 47.4 Å². The van der Waals surface area contributed by atoms with E-state index in [0.29, 0.717) is 36.8 Å². The Morgan fingerprint density at radius 2 is 1.68 bits per heavy atom. The molecule has 0 aromatic heterocycles. The van der Waals surface area contributed by atoms with E-state index in [1.165, 1.54) is 4.31 Å². The molecule has 0 heterocycles. The molecule has 2 rings (SSSR count). The van der Waals surface area contributed by atoms with E-state index >= 15 is 0 Å². The second-order valence-electron chi connectivity index (χ2n) is 6.12. The van der Waals surface area contributed by atoms with Gasteiger partial charge in [-0.25, -0.2) is 8.42 Å². The summed E-state index contributed by atoms with van der Waals surface area (Å²) in [6, 6.07) is 16.1. The minimum absolute atomic E-state index is 0.148. The predicted molar refractivity (Wildman–Crippen MR) is 109 cm³/mol. The van der Waals surface area contributed by atoms with Crippen LogP contribution < -0.4 is 19.1 Å². The Labute approximate surface area is 166 Å². The van der Waals surface area contributed by atoms with Crippen LogP contribution in [-0.2, 0) is 14.8 Å². The fourth-order valence-electron chi connectivity index (χ4n) is 2.64. The highest BCUT2D eigenvalue weighted by atomic mass is 32.2. The molecule has 1 amide bonds. The lowest BCUT2D eigenvalue weighted by Crippen LogP contribution is -2.32. The van der Waals surface area contributed by atoms with Crippen LogP contribution in [0.15, 0.2) is 54.6 Å². The topological polar surface area (TPSA) is 84.9 Å². The van der Waals surface area contributed by atoms with Crippen molar-refractivity contribution >= 4 is 21.6 Å². The summed E-state index contributed by atoms with van der Waals surface area (Å²) in [7, 11) is -1.84. The van der Waals surface area contributed by atoms with Crippen molar-refractivity contribution in [1.29, 1.82) is 0 Å². The molecule has 8 heteroatoms. The summed E-state index contributed by atoms with van der Waals surface area (Å²) < 4.78 is 36.1. The quantitative estimate of drug-likeness (QED) is 0.580. The van der Waals surface area contributed by atoms with Crippen molar-refractivity contribution in [2.75, 3.05) is 37.4 Å². The first-order valence-corrected chi connectivity index (χ1v) is 10.8. The zero-order chi connectivity index (χ0) is 20.4. The van der Waals surface area contributed by atoms with Crippen molar-refractivity contribution in [3.63, 3.8) is 0 Å². The number of carbonyl (C=O) groups is 1. The summed E-state index contributed by atoms with van der Waals surface area (Å²) in [6.45, 7) is 0.908. The Bertz CT molecular complexity index is 856. The summed E-state index contributed by atoms with van der Waals surface area (Å²) >= 11 is 0. The molecule has 0 saturated heterocycles. The number of nitrogens with one attached hydrogen (secondary N) is 1. The molecule has 0 aliphatic rings. The molecule has 0 atom stereocenters. The van der Waals surface area contributed by atoms with Crippen LogP contribution >= 0.6 is 0 Å².